The van der Waals surface area contributed by atoms with E-state index in [-0.39, 0.29) is 11.9 Å². The topological polar surface area (TPSA) is 35.6 Å². The van der Waals surface area contributed by atoms with Gasteiger partial charge in [0.05, 0.1) is 6.04 Å². The van der Waals surface area contributed by atoms with Crippen molar-refractivity contribution in [3.8, 4) is 0 Å². The van der Waals surface area contributed by atoms with Gasteiger partial charge in [-0.2, -0.15) is 0 Å². The summed E-state index contributed by atoms with van der Waals surface area (Å²) < 4.78 is 0. The van der Waals surface area contributed by atoms with Gasteiger partial charge in [-0.1, -0.05) is 36.4 Å². The predicted molar refractivity (Wildman–Crippen MR) is 102 cm³/mol. The van der Waals surface area contributed by atoms with E-state index in [1.807, 2.05) is 12.1 Å². The SMILES string of the molecule is CN1CCc2ccc(NC(=O)C3CCCN3Cc3ccccc3)cc21. The molecule has 1 unspecified atom stereocenters. The highest BCUT2D eigenvalue weighted by Crippen LogP contribution is 2.30. The van der Waals surface area contributed by atoms with Crippen molar-refractivity contribution in [2.45, 2.75) is 31.8 Å². The summed E-state index contributed by atoms with van der Waals surface area (Å²) in [5.74, 6) is 0.119. The van der Waals surface area contributed by atoms with Crippen LogP contribution in [0.4, 0.5) is 11.4 Å². The zero-order chi connectivity index (χ0) is 17.2. The number of fused-ring (bicyclic) bond motifs is 1. The maximum atomic E-state index is 12.8. The number of hydrogen-bond donors (Lipinski definition) is 1. The van der Waals surface area contributed by atoms with Crippen LogP contribution in [-0.2, 0) is 17.8 Å². The van der Waals surface area contributed by atoms with Gasteiger partial charge in [-0.3, -0.25) is 9.69 Å². The lowest BCUT2D eigenvalue weighted by Gasteiger charge is -2.24. The zero-order valence-corrected chi connectivity index (χ0v) is 14.7. The van der Waals surface area contributed by atoms with E-state index < -0.39 is 0 Å². The minimum Gasteiger partial charge on any atom is -0.374 e. The first-order valence-electron chi connectivity index (χ1n) is 9.13. The molecule has 1 atom stereocenters. The molecule has 0 aliphatic carbocycles. The predicted octanol–water partition coefficient (Wildman–Crippen LogP) is 3.28. The average molecular weight is 335 g/mol. The van der Waals surface area contributed by atoms with Crippen molar-refractivity contribution in [2.75, 3.05) is 30.4 Å². The standard InChI is InChI=1S/C21H25N3O/c1-23-13-11-17-9-10-18(14-20(17)23)22-21(25)19-8-5-12-24(19)15-16-6-3-2-4-7-16/h2-4,6-7,9-10,14,19H,5,8,11-13,15H2,1H3,(H,22,25). The summed E-state index contributed by atoms with van der Waals surface area (Å²) in [5, 5.41) is 3.14. The van der Waals surface area contributed by atoms with E-state index in [1.54, 1.807) is 0 Å². The molecule has 2 aliphatic heterocycles. The molecule has 4 heteroatoms. The largest absolute Gasteiger partial charge is 0.374 e. The van der Waals surface area contributed by atoms with Crippen LogP contribution in [0.15, 0.2) is 48.5 Å². The van der Waals surface area contributed by atoms with Crippen LogP contribution in [0.3, 0.4) is 0 Å². The lowest BCUT2D eigenvalue weighted by atomic mass is 10.1. The van der Waals surface area contributed by atoms with E-state index in [9.17, 15) is 4.79 Å². The molecule has 0 spiro atoms. The second-order valence-electron chi connectivity index (χ2n) is 7.12. The van der Waals surface area contributed by atoms with Crippen molar-refractivity contribution in [1.29, 1.82) is 0 Å². The Balaban J connectivity index is 1.44. The first kappa shape index (κ1) is 16.2. The Morgan fingerprint density at radius 2 is 2.00 bits per heavy atom. The fourth-order valence-corrected chi connectivity index (χ4v) is 3.97. The summed E-state index contributed by atoms with van der Waals surface area (Å²) in [6, 6.07) is 16.7. The molecule has 130 valence electrons. The average Bonchev–Trinajstić information content (AvgIpc) is 3.23. The van der Waals surface area contributed by atoms with E-state index in [0.717, 1.165) is 44.6 Å². The summed E-state index contributed by atoms with van der Waals surface area (Å²) in [7, 11) is 2.11. The molecule has 1 N–H and O–H groups in total. The lowest BCUT2D eigenvalue weighted by molar-refractivity contribution is -0.120. The normalized spacial score (nSPS) is 19.9. The van der Waals surface area contributed by atoms with Crippen molar-refractivity contribution in [3.05, 3.63) is 59.7 Å². The first-order chi connectivity index (χ1) is 12.2. The fraction of sp³-hybridized carbons (Fsp3) is 0.381. The van der Waals surface area contributed by atoms with Crippen LogP contribution in [0.2, 0.25) is 0 Å². The van der Waals surface area contributed by atoms with Gasteiger partial charge in [-0.25, -0.2) is 0 Å². The Labute approximate surface area is 149 Å². The molecule has 2 heterocycles. The number of anilines is 2. The van der Waals surface area contributed by atoms with Crippen molar-refractivity contribution in [3.63, 3.8) is 0 Å². The molecule has 1 fully saturated rings. The summed E-state index contributed by atoms with van der Waals surface area (Å²) in [6.45, 7) is 2.88. The van der Waals surface area contributed by atoms with Gasteiger partial charge in [-0.15, -0.1) is 0 Å². The smallest absolute Gasteiger partial charge is 0.241 e. The van der Waals surface area contributed by atoms with E-state index in [0.29, 0.717) is 0 Å². The molecule has 2 aromatic carbocycles. The molecule has 4 nitrogen and oxygen atoms in total. The van der Waals surface area contributed by atoms with Gasteiger partial charge in [-0.05, 0) is 49.1 Å². The lowest BCUT2D eigenvalue weighted by Crippen LogP contribution is -2.39. The second kappa shape index (κ2) is 6.89. The van der Waals surface area contributed by atoms with Gasteiger partial charge in [0, 0.05) is 31.5 Å². The number of hydrogen-bond acceptors (Lipinski definition) is 3. The van der Waals surface area contributed by atoms with Gasteiger partial charge in [0.15, 0.2) is 0 Å². The van der Waals surface area contributed by atoms with Crippen LogP contribution in [0.5, 0.6) is 0 Å². The van der Waals surface area contributed by atoms with Gasteiger partial charge in [0.1, 0.15) is 0 Å². The maximum absolute atomic E-state index is 12.8. The first-order valence-corrected chi connectivity index (χ1v) is 9.13. The Kier molecular flexibility index (Phi) is 4.45. The van der Waals surface area contributed by atoms with Crippen LogP contribution in [0.25, 0.3) is 0 Å². The van der Waals surface area contributed by atoms with Crippen LogP contribution >= 0.6 is 0 Å². The summed E-state index contributed by atoms with van der Waals surface area (Å²) in [4.78, 5) is 17.4. The molecule has 0 aromatic heterocycles. The quantitative estimate of drug-likeness (QED) is 0.931. The number of nitrogens with one attached hydrogen (secondary N) is 1. The molecule has 25 heavy (non-hydrogen) atoms. The minimum atomic E-state index is -0.0359. The van der Waals surface area contributed by atoms with Crippen molar-refractivity contribution in [2.24, 2.45) is 0 Å². The highest BCUT2D eigenvalue weighted by atomic mass is 16.2. The summed E-state index contributed by atoms with van der Waals surface area (Å²) >= 11 is 0. The number of likely N-dealkylation sites (N-methyl/N-ethyl adjacent to an activating group) is 1. The molecule has 0 bridgehead atoms. The van der Waals surface area contributed by atoms with Crippen LogP contribution < -0.4 is 10.2 Å². The number of nitrogens with zero attached hydrogens (tertiary/aromatic N) is 2. The zero-order valence-electron chi connectivity index (χ0n) is 14.7. The highest BCUT2D eigenvalue weighted by Gasteiger charge is 2.30. The molecular formula is C21H25N3O. The number of rotatable bonds is 4. The van der Waals surface area contributed by atoms with Gasteiger partial charge in [0.25, 0.3) is 0 Å². The number of carbonyl (C=O) groups excluding carboxylic acids is 1. The second-order valence-corrected chi connectivity index (χ2v) is 7.12. The van der Waals surface area contributed by atoms with Crippen LogP contribution in [0, 0.1) is 0 Å². The third-order valence-corrected chi connectivity index (χ3v) is 5.38. The molecule has 4 rings (SSSR count). The van der Waals surface area contributed by atoms with Gasteiger partial charge < -0.3 is 10.2 Å². The van der Waals surface area contributed by atoms with Crippen molar-refractivity contribution >= 4 is 17.3 Å². The summed E-state index contributed by atoms with van der Waals surface area (Å²) in [5.41, 5.74) is 4.78. The maximum Gasteiger partial charge on any atom is 0.241 e. The van der Waals surface area contributed by atoms with Gasteiger partial charge in [0.2, 0.25) is 5.91 Å². The molecule has 1 saturated heterocycles. The monoisotopic (exact) mass is 335 g/mol. The van der Waals surface area contributed by atoms with E-state index >= 15 is 0 Å². The molecular weight excluding hydrogens is 310 g/mol. The van der Waals surface area contributed by atoms with Gasteiger partial charge >= 0.3 is 0 Å². The fourth-order valence-electron chi connectivity index (χ4n) is 3.97. The number of likely N-dealkylation sites (tertiary alicyclic amines) is 1. The third-order valence-electron chi connectivity index (χ3n) is 5.38. The highest BCUT2D eigenvalue weighted by molar-refractivity contribution is 5.95. The van der Waals surface area contributed by atoms with Crippen molar-refractivity contribution < 1.29 is 4.79 Å². The van der Waals surface area contributed by atoms with Crippen LogP contribution in [0.1, 0.15) is 24.0 Å². The number of amides is 1. The Morgan fingerprint density at radius 1 is 1.16 bits per heavy atom. The Bertz CT molecular complexity index is 759. The Morgan fingerprint density at radius 3 is 2.84 bits per heavy atom. The van der Waals surface area contributed by atoms with Crippen molar-refractivity contribution in [1.82, 2.24) is 4.90 Å². The van der Waals surface area contributed by atoms with E-state index in [4.69, 9.17) is 0 Å². The molecule has 0 radical (unpaired) electrons. The Hall–Kier alpha value is -2.33. The molecule has 0 saturated carbocycles. The molecule has 2 aromatic rings. The van der Waals surface area contributed by atoms with E-state index in [1.165, 1.54) is 16.8 Å². The minimum absolute atomic E-state index is 0.0359. The molecule has 2 aliphatic rings. The third kappa shape index (κ3) is 3.40. The molecule has 1 amide bonds. The number of carbonyl (C=O) groups is 1. The van der Waals surface area contributed by atoms with Crippen LogP contribution in [-0.4, -0.2) is 37.0 Å². The van der Waals surface area contributed by atoms with E-state index in [2.05, 4.69) is 58.6 Å². The summed E-state index contributed by atoms with van der Waals surface area (Å²) in [6.07, 6.45) is 3.11. The number of benzene rings is 2.